The third kappa shape index (κ3) is 3.65. The number of phenols is 1. The molecule has 2 fully saturated rings. The van der Waals surface area contributed by atoms with E-state index >= 15 is 0 Å². The summed E-state index contributed by atoms with van der Waals surface area (Å²) >= 11 is 0. The number of fused-ring (bicyclic) bond motifs is 2. The Kier molecular flexibility index (Phi) is 4.50. The Morgan fingerprint density at radius 2 is 1.93 bits per heavy atom. The number of aromatic nitrogens is 4. The third-order valence-corrected chi connectivity index (χ3v) is 6.61. The predicted octanol–water partition coefficient (Wildman–Crippen LogP) is 3.76. The lowest BCUT2D eigenvalue weighted by Crippen LogP contribution is -2.54. The van der Waals surface area contributed by atoms with Crippen molar-refractivity contribution in [2.45, 2.75) is 50.6 Å². The summed E-state index contributed by atoms with van der Waals surface area (Å²) in [4.78, 5) is 4.04. The van der Waals surface area contributed by atoms with Crippen LogP contribution in [0.25, 0.3) is 16.9 Å². The van der Waals surface area contributed by atoms with E-state index in [1.807, 2.05) is 35.0 Å². The van der Waals surface area contributed by atoms with E-state index in [0.717, 1.165) is 18.1 Å². The second-order valence-electron chi connectivity index (χ2n) is 9.38. The van der Waals surface area contributed by atoms with Gasteiger partial charge in [-0.05, 0) is 69.7 Å². The summed E-state index contributed by atoms with van der Waals surface area (Å²) < 4.78 is 1.84. The van der Waals surface area contributed by atoms with Crippen LogP contribution < -0.4 is 10.6 Å². The highest BCUT2D eigenvalue weighted by Gasteiger charge is 2.48. The monoisotopic (exact) mass is 404 g/mol. The van der Waals surface area contributed by atoms with E-state index in [1.165, 1.54) is 25.7 Å². The first-order valence-corrected chi connectivity index (χ1v) is 10.6. The van der Waals surface area contributed by atoms with Crippen LogP contribution in [0.3, 0.4) is 0 Å². The maximum atomic E-state index is 10.5. The number of hydrogen-bond acceptors (Lipinski definition) is 6. The normalized spacial score (nSPS) is 27.9. The number of nitrogens with one attached hydrogen (secondary N) is 2. The van der Waals surface area contributed by atoms with Crippen LogP contribution in [0, 0.1) is 5.92 Å². The fraction of sp³-hybridized carbons (Fsp3) is 0.435. The molecule has 0 radical (unpaired) electrons. The molecule has 2 aliphatic rings. The lowest BCUT2D eigenvalue weighted by Gasteiger charge is -2.42. The number of rotatable bonds is 5. The van der Waals surface area contributed by atoms with Crippen LogP contribution in [0.1, 0.15) is 39.5 Å². The van der Waals surface area contributed by atoms with Gasteiger partial charge in [-0.2, -0.15) is 0 Å². The summed E-state index contributed by atoms with van der Waals surface area (Å²) in [6, 6.07) is 9.32. The summed E-state index contributed by atoms with van der Waals surface area (Å²) in [5.41, 5.74) is 2.70. The molecule has 30 heavy (non-hydrogen) atoms. The number of phenolic OH excluding ortho intramolecular Hbond substituents is 1. The van der Waals surface area contributed by atoms with E-state index in [2.05, 4.69) is 39.7 Å². The molecule has 2 aromatic heterocycles. The van der Waals surface area contributed by atoms with Gasteiger partial charge in [0.2, 0.25) is 0 Å². The molecule has 156 valence electrons. The molecule has 7 heteroatoms. The van der Waals surface area contributed by atoms with E-state index < -0.39 is 0 Å². The highest BCUT2D eigenvalue weighted by molar-refractivity contribution is 5.68. The van der Waals surface area contributed by atoms with Crippen LogP contribution in [0.4, 0.5) is 5.82 Å². The maximum absolute atomic E-state index is 10.5. The number of imidazole rings is 1. The van der Waals surface area contributed by atoms with Crippen LogP contribution in [0.5, 0.6) is 5.75 Å². The number of anilines is 1. The van der Waals surface area contributed by atoms with E-state index in [4.69, 9.17) is 0 Å². The molecular weight excluding hydrogens is 376 g/mol. The summed E-state index contributed by atoms with van der Waals surface area (Å²) in [6.45, 7) is 5.61. The van der Waals surface area contributed by atoms with Gasteiger partial charge in [0.1, 0.15) is 11.6 Å². The summed E-state index contributed by atoms with van der Waals surface area (Å²) in [7, 11) is 0. The lowest BCUT2D eigenvalue weighted by molar-refractivity contribution is 0.178. The molecule has 1 aromatic carbocycles. The van der Waals surface area contributed by atoms with Crippen molar-refractivity contribution in [1.29, 1.82) is 0 Å². The van der Waals surface area contributed by atoms with Gasteiger partial charge >= 0.3 is 0 Å². The summed E-state index contributed by atoms with van der Waals surface area (Å²) in [5, 5.41) is 26.4. The zero-order valence-electron chi connectivity index (χ0n) is 17.5. The van der Waals surface area contributed by atoms with Crippen molar-refractivity contribution in [3.63, 3.8) is 0 Å². The highest BCUT2D eigenvalue weighted by atomic mass is 16.3. The number of piperidine rings is 1. The second kappa shape index (κ2) is 7.09. The topological polar surface area (TPSA) is 87.9 Å². The van der Waals surface area contributed by atoms with Gasteiger partial charge in [0.05, 0.1) is 17.7 Å². The summed E-state index contributed by atoms with van der Waals surface area (Å²) in [6.07, 6.45) is 10.1. The Morgan fingerprint density at radius 1 is 1.13 bits per heavy atom. The fourth-order valence-electron chi connectivity index (χ4n) is 5.33. The molecule has 0 spiro atoms. The van der Waals surface area contributed by atoms with Crippen molar-refractivity contribution in [2.24, 2.45) is 5.92 Å². The molecule has 2 bridgehead atoms. The van der Waals surface area contributed by atoms with Crippen LogP contribution in [0.15, 0.2) is 49.1 Å². The van der Waals surface area contributed by atoms with Crippen molar-refractivity contribution in [3.05, 3.63) is 49.1 Å². The Balaban J connectivity index is 1.25. The molecule has 2 unspecified atom stereocenters. The maximum Gasteiger partial charge on any atom is 0.148 e. The molecule has 3 N–H and O–H groups in total. The number of benzene rings is 1. The van der Waals surface area contributed by atoms with E-state index in [9.17, 15) is 5.11 Å². The Labute approximate surface area is 176 Å². The minimum atomic E-state index is 0.169. The molecule has 5 rings (SSSR count). The number of nitrogens with zero attached hydrogens (tertiary/aromatic N) is 4. The van der Waals surface area contributed by atoms with Crippen molar-refractivity contribution < 1.29 is 5.11 Å². The van der Waals surface area contributed by atoms with Gasteiger partial charge in [-0.15, -0.1) is 10.2 Å². The van der Waals surface area contributed by atoms with Gasteiger partial charge in [-0.25, -0.2) is 4.98 Å². The largest absolute Gasteiger partial charge is 0.507 e. The van der Waals surface area contributed by atoms with Crippen LogP contribution >= 0.6 is 0 Å². The Morgan fingerprint density at radius 3 is 2.57 bits per heavy atom. The minimum Gasteiger partial charge on any atom is -0.507 e. The van der Waals surface area contributed by atoms with Crippen molar-refractivity contribution in [2.75, 3.05) is 11.9 Å². The molecule has 7 nitrogen and oxygen atoms in total. The van der Waals surface area contributed by atoms with Crippen molar-refractivity contribution in [3.8, 4) is 22.7 Å². The smallest absolute Gasteiger partial charge is 0.148 e. The first-order chi connectivity index (χ1) is 14.4. The zero-order chi connectivity index (χ0) is 20.8. The van der Waals surface area contributed by atoms with Gasteiger partial charge in [-0.3, -0.25) is 0 Å². The quantitative estimate of drug-likeness (QED) is 0.600. The van der Waals surface area contributed by atoms with Gasteiger partial charge in [-0.1, -0.05) is 0 Å². The summed E-state index contributed by atoms with van der Waals surface area (Å²) in [5.74, 6) is 1.57. The molecule has 0 amide bonds. The van der Waals surface area contributed by atoms with E-state index in [-0.39, 0.29) is 16.8 Å². The zero-order valence-corrected chi connectivity index (χ0v) is 17.5. The molecule has 0 saturated carbocycles. The molecule has 2 saturated heterocycles. The average molecular weight is 405 g/mol. The standard InChI is InChI=1S/C23H28N6O/c1-22-7-8-23(2,28-22)13-16(12-22)14-25-21-6-5-19(26-27-21)18-4-3-17(11-20(18)30)29-10-9-24-15-29/h3-6,9-11,15-16,28,30H,7-8,12-14H2,1-2H3,(H,25,27). The van der Waals surface area contributed by atoms with Gasteiger partial charge in [0.25, 0.3) is 0 Å². The minimum absolute atomic E-state index is 0.169. The highest BCUT2D eigenvalue weighted by Crippen LogP contribution is 2.44. The Bertz CT molecular complexity index is 1020. The first kappa shape index (κ1) is 19.1. The predicted molar refractivity (Wildman–Crippen MR) is 117 cm³/mol. The number of hydrogen-bond donors (Lipinski definition) is 3. The SMILES string of the molecule is CC12CCC(C)(CC(CNc3ccc(-c4ccc(-n5ccnc5)cc4O)nn3)C1)N2. The van der Waals surface area contributed by atoms with Crippen molar-refractivity contribution in [1.82, 2.24) is 25.1 Å². The number of aromatic hydroxyl groups is 1. The van der Waals surface area contributed by atoms with Crippen molar-refractivity contribution >= 4 is 5.82 Å². The lowest BCUT2D eigenvalue weighted by atomic mass is 9.80. The van der Waals surface area contributed by atoms with Gasteiger partial charge < -0.3 is 20.3 Å². The molecule has 4 heterocycles. The second-order valence-corrected chi connectivity index (χ2v) is 9.38. The van der Waals surface area contributed by atoms with E-state index in [1.54, 1.807) is 18.6 Å². The van der Waals surface area contributed by atoms with Crippen LogP contribution in [0.2, 0.25) is 0 Å². The molecular formula is C23H28N6O. The fourth-order valence-corrected chi connectivity index (χ4v) is 5.33. The van der Waals surface area contributed by atoms with Gasteiger partial charge in [0, 0.05) is 41.6 Å². The average Bonchev–Trinajstić information content (AvgIpc) is 3.33. The first-order valence-electron chi connectivity index (χ1n) is 10.6. The van der Waals surface area contributed by atoms with Crippen LogP contribution in [-0.4, -0.2) is 42.5 Å². The molecule has 0 aliphatic carbocycles. The molecule has 2 atom stereocenters. The molecule has 3 aromatic rings. The van der Waals surface area contributed by atoms with E-state index in [0.29, 0.717) is 17.2 Å². The Hall–Kier alpha value is -2.93. The van der Waals surface area contributed by atoms with Crippen LogP contribution in [-0.2, 0) is 0 Å². The molecule has 2 aliphatic heterocycles. The third-order valence-electron chi connectivity index (χ3n) is 6.61. The van der Waals surface area contributed by atoms with Gasteiger partial charge in [0.15, 0.2) is 0 Å².